The van der Waals surface area contributed by atoms with Crippen LogP contribution in [0.4, 0.5) is 0 Å². The van der Waals surface area contributed by atoms with Gasteiger partial charge < -0.3 is 78.1 Å². The van der Waals surface area contributed by atoms with Gasteiger partial charge in [0.1, 0.15) is 42.7 Å². The highest BCUT2D eigenvalue weighted by molar-refractivity contribution is 5.80. The molecule has 14 atom stereocenters. The second-order valence-electron chi connectivity index (χ2n) is 10.4. The number of carbonyl (C=O) groups excluding carboxylic acids is 1. The summed E-state index contributed by atoms with van der Waals surface area (Å²) in [6.45, 7) is -0.205. The monoisotopic (exact) mass is 566 g/mol. The van der Waals surface area contributed by atoms with Crippen molar-refractivity contribution < 1.29 is 48.9 Å². The zero-order valence-corrected chi connectivity index (χ0v) is 22.2. The number of aliphatic hydroxyl groups excluding tert-OH is 4. The van der Waals surface area contributed by atoms with Gasteiger partial charge in [-0.15, -0.1) is 0 Å². The van der Waals surface area contributed by atoms with E-state index in [9.17, 15) is 25.2 Å². The van der Waals surface area contributed by atoms with Crippen LogP contribution in [0.5, 0.6) is 0 Å². The Hall–Kier alpha value is -1.09. The Morgan fingerprint density at radius 2 is 1.69 bits per heavy atom. The van der Waals surface area contributed by atoms with Crippen LogP contribution >= 0.6 is 0 Å². The van der Waals surface area contributed by atoms with Crippen molar-refractivity contribution in [2.45, 2.75) is 111 Å². The van der Waals surface area contributed by atoms with E-state index in [2.05, 4.69) is 5.32 Å². The summed E-state index contributed by atoms with van der Waals surface area (Å²) in [7, 11) is 1.39. The van der Waals surface area contributed by atoms with Crippen molar-refractivity contribution in [3.63, 3.8) is 0 Å². The molecule has 39 heavy (non-hydrogen) atoms. The predicted octanol–water partition coefficient (Wildman–Crippen LogP) is -5.75. The zero-order valence-electron chi connectivity index (χ0n) is 22.2. The Bertz CT molecular complexity index is 771. The lowest BCUT2D eigenvalue weighted by molar-refractivity contribution is -0.315. The second kappa shape index (κ2) is 14.7. The number of hydrogen-bond donors (Lipinski definition) is 10. The van der Waals surface area contributed by atoms with Gasteiger partial charge in [-0.05, 0) is 32.2 Å². The highest BCUT2D eigenvalue weighted by Gasteiger charge is 2.51. The van der Waals surface area contributed by atoms with Crippen molar-refractivity contribution >= 4 is 5.91 Å². The first-order valence-corrected chi connectivity index (χ1v) is 13.3. The summed E-state index contributed by atoms with van der Waals surface area (Å²) in [6, 6.07) is -3.18. The van der Waals surface area contributed by atoms with E-state index >= 15 is 0 Å². The summed E-state index contributed by atoms with van der Waals surface area (Å²) in [5.41, 5.74) is 29.9. The van der Waals surface area contributed by atoms with Crippen LogP contribution in [-0.4, -0.2) is 139 Å². The maximum Gasteiger partial charge on any atom is 0.249 e. The van der Waals surface area contributed by atoms with Crippen LogP contribution in [0.2, 0.25) is 0 Å². The molecule has 2 saturated heterocycles. The molecule has 16 heteroatoms. The van der Waals surface area contributed by atoms with E-state index in [-0.39, 0.29) is 32.0 Å². The third kappa shape index (κ3) is 7.60. The molecule has 0 aromatic carbocycles. The minimum absolute atomic E-state index is 0.0319. The first-order valence-electron chi connectivity index (χ1n) is 13.3. The van der Waals surface area contributed by atoms with E-state index in [1.54, 1.807) is 0 Å². The number of hydrogen-bond acceptors (Lipinski definition) is 15. The summed E-state index contributed by atoms with van der Waals surface area (Å²) in [6.07, 6.45) is -9.24. The Balaban J connectivity index is 1.87. The quantitative estimate of drug-likeness (QED) is 0.111. The Morgan fingerprint density at radius 1 is 1.00 bits per heavy atom. The molecule has 6 unspecified atom stereocenters. The van der Waals surface area contributed by atoms with Crippen molar-refractivity contribution in [2.75, 3.05) is 26.8 Å². The number of amides is 1. The average Bonchev–Trinajstić information content (AvgIpc) is 2.92. The lowest BCUT2D eigenvalue weighted by Crippen LogP contribution is -2.69. The lowest BCUT2D eigenvalue weighted by atomic mass is 9.83. The number of nitrogens with one attached hydrogen (secondary N) is 1. The van der Waals surface area contributed by atoms with Gasteiger partial charge in [-0.3, -0.25) is 4.79 Å². The fourth-order valence-corrected chi connectivity index (χ4v) is 5.27. The molecular formula is C23H46N6O10. The Kier molecular flexibility index (Phi) is 12.2. The van der Waals surface area contributed by atoms with Gasteiger partial charge in [0.15, 0.2) is 12.6 Å². The van der Waals surface area contributed by atoms with Gasteiger partial charge in [-0.1, -0.05) is 0 Å². The number of ether oxygens (including phenoxy) is 5. The van der Waals surface area contributed by atoms with Crippen LogP contribution in [0.1, 0.15) is 25.7 Å². The van der Waals surface area contributed by atoms with Crippen molar-refractivity contribution in [2.24, 2.45) is 28.7 Å². The van der Waals surface area contributed by atoms with Crippen molar-refractivity contribution in [1.82, 2.24) is 5.32 Å². The highest BCUT2D eigenvalue weighted by atomic mass is 16.7. The summed E-state index contributed by atoms with van der Waals surface area (Å²) < 4.78 is 29.7. The molecule has 2 heterocycles. The maximum atomic E-state index is 12.7. The molecule has 0 bridgehead atoms. The topological polar surface area (TPSA) is 286 Å². The highest BCUT2D eigenvalue weighted by Crippen LogP contribution is 2.32. The third-order valence-corrected chi connectivity index (χ3v) is 7.62. The number of rotatable bonds is 11. The fraction of sp³-hybridized carbons (Fsp3) is 0.957. The van der Waals surface area contributed by atoms with Crippen LogP contribution in [0.15, 0.2) is 0 Å². The molecule has 1 saturated carbocycles. The Labute approximate surface area is 227 Å². The van der Waals surface area contributed by atoms with Crippen LogP contribution in [-0.2, 0) is 28.5 Å². The summed E-state index contributed by atoms with van der Waals surface area (Å²) in [5.74, 6) is -0.700. The largest absolute Gasteiger partial charge is 0.394 e. The van der Waals surface area contributed by atoms with Gasteiger partial charge in [0.2, 0.25) is 5.91 Å². The van der Waals surface area contributed by atoms with E-state index in [0.29, 0.717) is 12.8 Å². The molecule has 2 aliphatic heterocycles. The maximum absolute atomic E-state index is 12.7. The summed E-state index contributed by atoms with van der Waals surface area (Å²) >= 11 is 0. The number of methoxy groups -OCH3 is 1. The Morgan fingerprint density at radius 3 is 2.31 bits per heavy atom. The molecule has 0 aromatic rings. The van der Waals surface area contributed by atoms with E-state index in [1.165, 1.54) is 7.11 Å². The third-order valence-electron chi connectivity index (χ3n) is 7.62. The van der Waals surface area contributed by atoms with Crippen molar-refractivity contribution in [3.8, 4) is 0 Å². The van der Waals surface area contributed by atoms with E-state index in [0.717, 1.165) is 0 Å². The molecule has 0 aromatic heterocycles. The zero-order chi connectivity index (χ0) is 28.9. The molecule has 228 valence electrons. The van der Waals surface area contributed by atoms with Crippen molar-refractivity contribution in [1.29, 1.82) is 0 Å². The van der Waals surface area contributed by atoms with Gasteiger partial charge in [0.25, 0.3) is 0 Å². The van der Waals surface area contributed by atoms with Crippen LogP contribution in [0.25, 0.3) is 0 Å². The minimum atomic E-state index is -1.49. The SMILES string of the molecule is COC1C(O[C@H]2OC(CN)CCC2N)[C@@H](N)C[C@@H](NC(=O)[C@@H](O)CCN)[C@@H]1O[C@H]1OC(CO)[C@@H](O)[C@H](N)C1O. The van der Waals surface area contributed by atoms with Gasteiger partial charge in [-0.2, -0.15) is 0 Å². The molecule has 15 N–H and O–H groups in total. The molecule has 3 aliphatic rings. The number of aliphatic hydroxyl groups is 4. The van der Waals surface area contributed by atoms with Crippen molar-refractivity contribution in [3.05, 3.63) is 0 Å². The fourth-order valence-electron chi connectivity index (χ4n) is 5.27. The first kappa shape index (κ1) is 32.4. The number of carbonyl (C=O) groups is 1. The molecule has 0 spiro atoms. The standard InChI is InChI=1S/C23H46N6O10/c1-35-20-18(38-22-10(26)3-2-9(7-25)36-22)11(27)6-12(29-21(34)13(31)4-5-24)19(20)39-23-17(33)15(28)16(32)14(8-30)37-23/h9-20,22-23,30-33H,2-8,24-28H2,1H3,(H,29,34)/t9?,10?,11-,12+,13-,14?,15-,16+,17?,18?,19-,20?,22+,23+/m0/s1. The molecular weight excluding hydrogens is 520 g/mol. The molecule has 3 fully saturated rings. The molecule has 1 amide bonds. The second-order valence-corrected chi connectivity index (χ2v) is 10.4. The van der Waals surface area contributed by atoms with E-state index in [1.807, 2.05) is 0 Å². The minimum Gasteiger partial charge on any atom is -0.394 e. The predicted molar refractivity (Wildman–Crippen MR) is 135 cm³/mol. The molecule has 3 rings (SSSR count). The van der Waals surface area contributed by atoms with Gasteiger partial charge in [0, 0.05) is 19.7 Å². The average molecular weight is 567 g/mol. The van der Waals surface area contributed by atoms with Gasteiger partial charge in [0.05, 0.1) is 30.8 Å². The number of nitrogens with two attached hydrogens (primary N) is 5. The summed E-state index contributed by atoms with van der Waals surface area (Å²) in [4.78, 5) is 12.7. The van der Waals surface area contributed by atoms with Crippen LogP contribution in [0, 0.1) is 0 Å². The van der Waals surface area contributed by atoms with Crippen LogP contribution in [0.3, 0.4) is 0 Å². The summed E-state index contributed by atoms with van der Waals surface area (Å²) in [5, 5.41) is 43.4. The smallest absolute Gasteiger partial charge is 0.249 e. The first-order chi connectivity index (χ1) is 18.6. The van der Waals surface area contributed by atoms with Crippen LogP contribution < -0.4 is 34.0 Å². The molecule has 1 aliphatic carbocycles. The lowest BCUT2D eigenvalue weighted by Gasteiger charge is -2.49. The van der Waals surface area contributed by atoms with E-state index in [4.69, 9.17) is 52.4 Å². The van der Waals surface area contributed by atoms with Gasteiger partial charge >= 0.3 is 0 Å². The molecule has 16 nitrogen and oxygen atoms in total. The van der Waals surface area contributed by atoms with E-state index < -0.39 is 92.0 Å². The molecule has 0 radical (unpaired) electrons. The normalized spacial score (nSPS) is 44.1. The van der Waals surface area contributed by atoms with Gasteiger partial charge in [-0.25, -0.2) is 0 Å².